The molecule has 0 saturated carbocycles. The molecule has 9 nitrogen and oxygen atoms in total. The lowest BCUT2D eigenvalue weighted by Crippen LogP contribution is -2.59. The van der Waals surface area contributed by atoms with E-state index in [1.807, 2.05) is 5.43 Å². The Labute approximate surface area is 79.3 Å². The third kappa shape index (κ3) is 4.64. The second-order valence-electron chi connectivity index (χ2n) is 1.98. The number of ether oxygens (including phenoxy) is 1. The van der Waals surface area contributed by atoms with Crippen LogP contribution < -0.4 is 22.3 Å². The number of carbonyl (C=O) groups is 3. The molecule has 0 rings (SSSR count). The average Bonchev–Trinajstić information content (AvgIpc) is 2.02. The molecule has 6 N–H and O–H groups in total. The van der Waals surface area contributed by atoms with Crippen molar-refractivity contribution in [3.63, 3.8) is 0 Å². The van der Waals surface area contributed by atoms with Crippen molar-refractivity contribution < 1.29 is 19.1 Å². The molecule has 80 valence electrons. The molecule has 0 saturated heterocycles. The van der Waals surface area contributed by atoms with Crippen LogP contribution in [0.4, 0.5) is 14.4 Å². The Bertz CT molecular complexity index is 242. The molecule has 0 aliphatic heterocycles. The molecule has 0 aromatic heterocycles. The van der Waals surface area contributed by atoms with Gasteiger partial charge >= 0.3 is 18.2 Å². The van der Waals surface area contributed by atoms with Crippen molar-refractivity contribution in [1.82, 2.24) is 16.0 Å². The van der Waals surface area contributed by atoms with Crippen molar-refractivity contribution in [2.75, 3.05) is 6.61 Å². The van der Waals surface area contributed by atoms with E-state index in [4.69, 9.17) is 5.73 Å². The Morgan fingerprint density at radius 1 is 1.29 bits per heavy atom. The second kappa shape index (κ2) is 5.45. The van der Waals surface area contributed by atoms with Crippen molar-refractivity contribution in [1.29, 1.82) is 0 Å². The minimum Gasteiger partial charge on any atom is -0.449 e. The number of carbonyl (C=O) groups excluding carboxylic acids is 3. The summed E-state index contributed by atoms with van der Waals surface area (Å²) in [4.78, 5) is 31.7. The highest BCUT2D eigenvalue weighted by Crippen LogP contribution is 1.80. The van der Waals surface area contributed by atoms with E-state index in [0.717, 1.165) is 0 Å². The van der Waals surface area contributed by atoms with Crippen LogP contribution in [0.5, 0.6) is 0 Å². The molecule has 9 heteroatoms. The third-order valence-electron chi connectivity index (χ3n) is 0.921. The van der Waals surface area contributed by atoms with E-state index in [9.17, 15) is 14.4 Å². The van der Waals surface area contributed by atoms with Gasteiger partial charge in [-0.1, -0.05) is 0 Å². The first-order chi connectivity index (χ1) is 6.47. The SMILES string of the molecule is CCOC(=O)NN(NC(N)=O)C(N)=O. The van der Waals surface area contributed by atoms with Crippen molar-refractivity contribution in [3.8, 4) is 0 Å². The van der Waals surface area contributed by atoms with E-state index < -0.39 is 18.2 Å². The number of hydrogen-bond donors (Lipinski definition) is 4. The number of nitrogens with one attached hydrogen (secondary N) is 2. The summed E-state index contributed by atoms with van der Waals surface area (Å²) >= 11 is 0. The van der Waals surface area contributed by atoms with Crippen LogP contribution in [-0.4, -0.2) is 29.9 Å². The minimum absolute atomic E-state index is 0.106. The van der Waals surface area contributed by atoms with Crippen LogP contribution in [0, 0.1) is 0 Å². The lowest BCUT2D eigenvalue weighted by molar-refractivity contribution is 0.104. The molecule has 0 fully saturated rings. The Morgan fingerprint density at radius 2 is 1.86 bits per heavy atom. The van der Waals surface area contributed by atoms with Gasteiger partial charge in [-0.25, -0.2) is 25.2 Å². The molecule has 0 aliphatic carbocycles. The number of hydrogen-bond acceptors (Lipinski definition) is 4. The number of nitrogens with two attached hydrogens (primary N) is 2. The molecule has 0 aliphatic rings. The van der Waals surface area contributed by atoms with Crippen molar-refractivity contribution in [2.45, 2.75) is 6.92 Å². The summed E-state index contributed by atoms with van der Waals surface area (Å²) in [7, 11) is 0. The summed E-state index contributed by atoms with van der Waals surface area (Å²) in [6.07, 6.45) is -0.944. The normalized spacial score (nSPS) is 8.64. The molecule has 0 unspecified atom stereocenters. The van der Waals surface area contributed by atoms with E-state index in [2.05, 4.69) is 10.5 Å². The zero-order valence-electron chi connectivity index (χ0n) is 7.44. The van der Waals surface area contributed by atoms with E-state index >= 15 is 0 Å². The first-order valence-electron chi connectivity index (χ1n) is 3.56. The van der Waals surface area contributed by atoms with Crippen LogP contribution in [0.2, 0.25) is 0 Å². The topological polar surface area (TPSA) is 140 Å². The fourth-order valence-electron chi connectivity index (χ4n) is 0.503. The van der Waals surface area contributed by atoms with Gasteiger partial charge in [-0.15, -0.1) is 5.12 Å². The molecule has 0 aromatic carbocycles. The Morgan fingerprint density at radius 3 is 2.21 bits per heavy atom. The smallest absolute Gasteiger partial charge is 0.427 e. The van der Waals surface area contributed by atoms with Crippen molar-refractivity contribution in [3.05, 3.63) is 0 Å². The number of hydrazine groups is 2. The zero-order chi connectivity index (χ0) is 11.1. The highest BCUT2D eigenvalue weighted by Gasteiger charge is 2.14. The Balaban J connectivity index is 4.16. The predicted molar refractivity (Wildman–Crippen MR) is 44.3 cm³/mol. The van der Waals surface area contributed by atoms with Crippen LogP contribution >= 0.6 is 0 Å². The maximum absolute atomic E-state index is 10.8. The standard InChI is InChI=1S/C5H11N5O4/c1-2-14-5(13)9-10(4(7)12)8-3(6)11/h2H2,1H3,(H2,7,12)(H,9,13)(H3,6,8,11). The monoisotopic (exact) mass is 205 g/mol. The summed E-state index contributed by atoms with van der Waals surface area (Å²) in [6.45, 7) is 1.67. The largest absolute Gasteiger partial charge is 0.449 e. The van der Waals surface area contributed by atoms with E-state index in [0.29, 0.717) is 5.12 Å². The van der Waals surface area contributed by atoms with Gasteiger partial charge in [0.15, 0.2) is 0 Å². The molecule has 14 heavy (non-hydrogen) atoms. The second-order valence-corrected chi connectivity index (χ2v) is 1.98. The number of urea groups is 2. The zero-order valence-corrected chi connectivity index (χ0v) is 7.44. The molecule has 0 aromatic rings. The van der Waals surface area contributed by atoms with Gasteiger partial charge < -0.3 is 16.2 Å². The maximum atomic E-state index is 10.8. The molecule has 5 amide bonds. The molecular weight excluding hydrogens is 194 g/mol. The Kier molecular flexibility index (Phi) is 4.60. The highest BCUT2D eigenvalue weighted by molar-refractivity contribution is 5.80. The molecule has 0 atom stereocenters. The third-order valence-corrected chi connectivity index (χ3v) is 0.921. The van der Waals surface area contributed by atoms with E-state index in [-0.39, 0.29) is 6.61 Å². The fraction of sp³-hybridized carbons (Fsp3) is 0.400. The number of amides is 5. The molecule has 0 spiro atoms. The van der Waals surface area contributed by atoms with Gasteiger partial charge in [-0.2, -0.15) is 0 Å². The van der Waals surface area contributed by atoms with Crippen LogP contribution in [-0.2, 0) is 4.74 Å². The average molecular weight is 205 g/mol. The summed E-state index contributed by atoms with van der Waals surface area (Å²) in [6, 6.07) is -2.17. The van der Waals surface area contributed by atoms with Gasteiger partial charge in [0, 0.05) is 0 Å². The molecule has 0 radical (unpaired) electrons. The van der Waals surface area contributed by atoms with E-state index in [1.54, 1.807) is 12.3 Å². The van der Waals surface area contributed by atoms with Crippen molar-refractivity contribution >= 4 is 18.2 Å². The summed E-state index contributed by atoms with van der Waals surface area (Å²) in [5.74, 6) is 0. The van der Waals surface area contributed by atoms with Gasteiger partial charge in [0.2, 0.25) is 0 Å². The minimum atomic E-state index is -1.11. The van der Waals surface area contributed by atoms with Gasteiger partial charge in [-0.3, -0.25) is 0 Å². The number of nitrogens with zero attached hydrogens (tertiary/aromatic N) is 1. The summed E-state index contributed by atoms with van der Waals surface area (Å²) < 4.78 is 4.41. The summed E-state index contributed by atoms with van der Waals surface area (Å²) in [5.41, 5.74) is 13.1. The highest BCUT2D eigenvalue weighted by atomic mass is 16.6. The molecule has 0 bridgehead atoms. The van der Waals surface area contributed by atoms with Gasteiger partial charge in [0.1, 0.15) is 0 Å². The fourth-order valence-corrected chi connectivity index (χ4v) is 0.503. The van der Waals surface area contributed by atoms with Gasteiger partial charge in [-0.05, 0) is 6.92 Å². The van der Waals surface area contributed by atoms with Crippen LogP contribution in [0.25, 0.3) is 0 Å². The van der Waals surface area contributed by atoms with Gasteiger partial charge in [0.05, 0.1) is 6.61 Å². The Hall–Kier alpha value is -2.19. The quantitative estimate of drug-likeness (QED) is 0.391. The number of rotatable bonds is 1. The summed E-state index contributed by atoms with van der Waals surface area (Å²) in [5, 5.41) is 0.306. The first kappa shape index (κ1) is 11.8. The van der Waals surface area contributed by atoms with E-state index in [1.165, 1.54) is 0 Å². The van der Waals surface area contributed by atoms with Gasteiger partial charge in [0.25, 0.3) is 0 Å². The molecular formula is C5H11N5O4. The lowest BCUT2D eigenvalue weighted by atomic mass is 10.9. The van der Waals surface area contributed by atoms with Crippen LogP contribution in [0.3, 0.4) is 0 Å². The predicted octanol–water partition coefficient (Wildman–Crippen LogP) is -1.39. The van der Waals surface area contributed by atoms with Crippen molar-refractivity contribution in [2.24, 2.45) is 11.5 Å². The maximum Gasteiger partial charge on any atom is 0.427 e. The lowest BCUT2D eigenvalue weighted by Gasteiger charge is -2.19. The van der Waals surface area contributed by atoms with Crippen LogP contribution in [0.15, 0.2) is 0 Å². The first-order valence-corrected chi connectivity index (χ1v) is 3.56. The number of primary amides is 2. The molecule has 0 heterocycles. The van der Waals surface area contributed by atoms with Crippen LogP contribution in [0.1, 0.15) is 6.92 Å².